The van der Waals surface area contributed by atoms with Crippen molar-refractivity contribution in [2.45, 2.75) is 39.3 Å². The fraction of sp³-hybridized carbons (Fsp3) is 0.292. The fourth-order valence-electron chi connectivity index (χ4n) is 4.18. The average Bonchev–Trinajstić information content (AvgIpc) is 3.24. The molecule has 5 rings (SSSR count). The van der Waals surface area contributed by atoms with Gasteiger partial charge in [-0.2, -0.15) is 0 Å². The zero-order chi connectivity index (χ0) is 20.0. The van der Waals surface area contributed by atoms with Gasteiger partial charge in [0.25, 0.3) is 0 Å². The van der Waals surface area contributed by atoms with E-state index in [4.69, 9.17) is 9.72 Å². The second-order valence-corrected chi connectivity index (χ2v) is 8.14. The molecule has 0 radical (unpaired) electrons. The average molecular weight is 385 g/mol. The zero-order valence-electron chi connectivity index (χ0n) is 16.7. The molecule has 0 spiro atoms. The normalized spacial score (nSPS) is 15.3. The SMILES string of the molecule is Cc1cnc(Cc2ccc3c(c2)CN(C)C3)nc1Cc1ccc2c(c1)CC(=O)O2. The smallest absolute Gasteiger partial charge is 0.315 e. The minimum atomic E-state index is -0.182. The summed E-state index contributed by atoms with van der Waals surface area (Å²) in [6.45, 7) is 4.08. The molecule has 5 nitrogen and oxygen atoms in total. The van der Waals surface area contributed by atoms with E-state index < -0.39 is 0 Å². The van der Waals surface area contributed by atoms with Gasteiger partial charge >= 0.3 is 5.97 Å². The Kier molecular flexibility index (Phi) is 4.40. The molecule has 0 aliphatic carbocycles. The van der Waals surface area contributed by atoms with E-state index in [1.54, 1.807) is 0 Å². The minimum absolute atomic E-state index is 0.182. The number of carbonyl (C=O) groups is 1. The number of benzene rings is 2. The summed E-state index contributed by atoms with van der Waals surface area (Å²) in [5.74, 6) is 1.34. The summed E-state index contributed by atoms with van der Waals surface area (Å²) in [6, 6.07) is 12.7. The van der Waals surface area contributed by atoms with E-state index in [-0.39, 0.29) is 5.97 Å². The molecule has 3 aromatic rings. The van der Waals surface area contributed by atoms with Crippen LogP contribution >= 0.6 is 0 Å². The van der Waals surface area contributed by atoms with Crippen molar-refractivity contribution in [3.8, 4) is 5.75 Å². The maximum Gasteiger partial charge on any atom is 0.315 e. The predicted molar refractivity (Wildman–Crippen MR) is 110 cm³/mol. The molecule has 3 heterocycles. The van der Waals surface area contributed by atoms with Crippen molar-refractivity contribution in [1.82, 2.24) is 14.9 Å². The molecule has 2 aliphatic rings. The van der Waals surface area contributed by atoms with Crippen LogP contribution in [0.4, 0.5) is 0 Å². The molecule has 0 N–H and O–H groups in total. The lowest BCUT2D eigenvalue weighted by molar-refractivity contribution is -0.131. The maximum atomic E-state index is 11.5. The van der Waals surface area contributed by atoms with E-state index in [1.165, 1.54) is 16.7 Å². The molecule has 0 bridgehead atoms. The summed E-state index contributed by atoms with van der Waals surface area (Å²) < 4.78 is 5.19. The molecule has 2 aliphatic heterocycles. The van der Waals surface area contributed by atoms with Crippen molar-refractivity contribution in [3.63, 3.8) is 0 Å². The zero-order valence-corrected chi connectivity index (χ0v) is 16.7. The summed E-state index contributed by atoms with van der Waals surface area (Å²) in [5, 5.41) is 0. The monoisotopic (exact) mass is 385 g/mol. The molecule has 0 atom stereocenters. The number of esters is 1. The molecule has 29 heavy (non-hydrogen) atoms. The number of aryl methyl sites for hydroxylation is 1. The number of rotatable bonds is 4. The lowest BCUT2D eigenvalue weighted by atomic mass is 10.0. The summed E-state index contributed by atoms with van der Waals surface area (Å²) in [6.07, 6.45) is 3.72. The number of carbonyl (C=O) groups excluding carboxylic acids is 1. The number of hydrogen-bond donors (Lipinski definition) is 0. The van der Waals surface area contributed by atoms with Gasteiger partial charge in [0.05, 0.1) is 12.1 Å². The summed E-state index contributed by atoms with van der Waals surface area (Å²) in [4.78, 5) is 23.2. The van der Waals surface area contributed by atoms with Crippen LogP contribution in [-0.2, 0) is 37.1 Å². The molecule has 2 aromatic carbocycles. The van der Waals surface area contributed by atoms with Gasteiger partial charge in [0, 0.05) is 37.7 Å². The molecule has 0 saturated heterocycles. The van der Waals surface area contributed by atoms with Crippen LogP contribution in [0.5, 0.6) is 5.75 Å². The molecular formula is C24H23N3O2. The van der Waals surface area contributed by atoms with Gasteiger partial charge < -0.3 is 4.74 Å². The molecule has 0 fully saturated rings. The maximum absolute atomic E-state index is 11.5. The second kappa shape index (κ2) is 7.08. The Morgan fingerprint density at radius 2 is 1.76 bits per heavy atom. The second-order valence-electron chi connectivity index (χ2n) is 8.14. The van der Waals surface area contributed by atoms with Crippen LogP contribution in [-0.4, -0.2) is 27.9 Å². The Morgan fingerprint density at radius 3 is 2.66 bits per heavy atom. The van der Waals surface area contributed by atoms with E-state index >= 15 is 0 Å². The Labute approximate surface area is 170 Å². The molecular weight excluding hydrogens is 362 g/mol. The van der Waals surface area contributed by atoms with Crippen LogP contribution in [0.3, 0.4) is 0 Å². The van der Waals surface area contributed by atoms with Gasteiger partial charge in [-0.25, -0.2) is 9.97 Å². The first kappa shape index (κ1) is 18.0. The number of nitrogens with zero attached hydrogens (tertiary/aromatic N) is 3. The van der Waals surface area contributed by atoms with Crippen molar-refractivity contribution in [2.75, 3.05) is 7.05 Å². The number of hydrogen-bond acceptors (Lipinski definition) is 5. The van der Waals surface area contributed by atoms with Crippen LogP contribution in [0.15, 0.2) is 42.6 Å². The van der Waals surface area contributed by atoms with Gasteiger partial charge in [-0.1, -0.05) is 30.3 Å². The largest absolute Gasteiger partial charge is 0.426 e. The number of aromatic nitrogens is 2. The van der Waals surface area contributed by atoms with Crippen molar-refractivity contribution in [3.05, 3.63) is 87.5 Å². The Balaban J connectivity index is 1.36. The summed E-state index contributed by atoms with van der Waals surface area (Å²) in [5.41, 5.74) is 8.28. The van der Waals surface area contributed by atoms with Crippen molar-refractivity contribution in [2.24, 2.45) is 0 Å². The third-order valence-electron chi connectivity index (χ3n) is 5.69. The highest BCUT2D eigenvalue weighted by atomic mass is 16.5. The molecule has 0 amide bonds. The third kappa shape index (κ3) is 3.66. The van der Waals surface area contributed by atoms with Crippen molar-refractivity contribution < 1.29 is 9.53 Å². The van der Waals surface area contributed by atoms with Crippen LogP contribution in [0.2, 0.25) is 0 Å². The van der Waals surface area contributed by atoms with Crippen LogP contribution in [0.25, 0.3) is 0 Å². The van der Waals surface area contributed by atoms with Gasteiger partial charge in [0.1, 0.15) is 11.6 Å². The predicted octanol–water partition coefficient (Wildman–Crippen LogP) is 3.37. The van der Waals surface area contributed by atoms with Gasteiger partial charge in [-0.3, -0.25) is 9.69 Å². The summed E-state index contributed by atoms with van der Waals surface area (Å²) >= 11 is 0. The number of fused-ring (bicyclic) bond motifs is 2. The van der Waals surface area contributed by atoms with Crippen LogP contribution in [0, 0.1) is 6.92 Å². The molecule has 146 valence electrons. The van der Waals surface area contributed by atoms with E-state index in [1.807, 2.05) is 25.3 Å². The van der Waals surface area contributed by atoms with E-state index in [2.05, 4.69) is 41.2 Å². The minimum Gasteiger partial charge on any atom is -0.426 e. The molecule has 5 heteroatoms. The standard InChI is InChI=1S/C24H23N3O2/c1-15-12-25-23(10-17-3-5-18-13-27(2)14-20(18)8-17)26-21(15)9-16-4-6-22-19(7-16)11-24(28)29-22/h3-8,12H,9-11,13-14H2,1-2H3. The van der Waals surface area contributed by atoms with Crippen molar-refractivity contribution >= 4 is 5.97 Å². The molecule has 0 saturated carbocycles. The third-order valence-corrected chi connectivity index (χ3v) is 5.69. The highest BCUT2D eigenvalue weighted by Crippen LogP contribution is 2.28. The number of ether oxygens (including phenoxy) is 1. The highest BCUT2D eigenvalue weighted by molar-refractivity contribution is 5.81. The molecule has 1 aromatic heterocycles. The summed E-state index contributed by atoms with van der Waals surface area (Å²) in [7, 11) is 2.15. The van der Waals surface area contributed by atoms with Crippen LogP contribution in [0.1, 0.15) is 44.9 Å². The van der Waals surface area contributed by atoms with Gasteiger partial charge in [-0.05, 0) is 47.9 Å². The first-order valence-electron chi connectivity index (χ1n) is 9.96. The van der Waals surface area contributed by atoms with E-state index in [9.17, 15) is 4.79 Å². The van der Waals surface area contributed by atoms with Crippen LogP contribution < -0.4 is 4.74 Å². The van der Waals surface area contributed by atoms with Crippen molar-refractivity contribution in [1.29, 1.82) is 0 Å². The van der Waals surface area contributed by atoms with Gasteiger partial charge in [0.15, 0.2) is 0 Å². The lowest BCUT2D eigenvalue weighted by Crippen LogP contribution is -2.07. The Morgan fingerprint density at radius 1 is 1.00 bits per heavy atom. The quantitative estimate of drug-likeness (QED) is 0.509. The van der Waals surface area contributed by atoms with Gasteiger partial charge in [-0.15, -0.1) is 0 Å². The fourth-order valence-corrected chi connectivity index (χ4v) is 4.18. The lowest BCUT2D eigenvalue weighted by Gasteiger charge is -2.09. The highest BCUT2D eigenvalue weighted by Gasteiger charge is 2.20. The first-order valence-corrected chi connectivity index (χ1v) is 9.96. The Hall–Kier alpha value is -3.05. The van der Waals surface area contributed by atoms with Gasteiger partial charge in [0.2, 0.25) is 0 Å². The Bertz CT molecular complexity index is 1120. The first-order chi connectivity index (χ1) is 14.0. The van der Waals surface area contributed by atoms with E-state index in [0.29, 0.717) is 12.2 Å². The molecule has 0 unspecified atom stereocenters. The van der Waals surface area contributed by atoms with E-state index in [0.717, 1.165) is 54.1 Å². The topological polar surface area (TPSA) is 55.3 Å².